The number of nitrogens with two attached hydrogens (primary N) is 1. The zero-order valence-corrected chi connectivity index (χ0v) is 12.0. The molecule has 1 aliphatic heterocycles. The number of ketones is 1. The number of rotatable bonds is 8. The van der Waals surface area contributed by atoms with E-state index in [0.717, 1.165) is 19.3 Å². The highest BCUT2D eigenvalue weighted by Crippen LogP contribution is 2.33. The van der Waals surface area contributed by atoms with Gasteiger partial charge in [-0.25, -0.2) is 0 Å². The third kappa shape index (κ3) is 4.06. The van der Waals surface area contributed by atoms with Crippen molar-refractivity contribution < 1.29 is 9.53 Å². The molecule has 0 aromatic carbocycles. The first-order valence-corrected chi connectivity index (χ1v) is 7.49. The van der Waals surface area contributed by atoms with Crippen molar-refractivity contribution in [2.24, 2.45) is 17.1 Å². The lowest BCUT2D eigenvalue weighted by atomic mass is 9.73. The van der Waals surface area contributed by atoms with Crippen LogP contribution in [0.5, 0.6) is 0 Å². The molecule has 1 unspecified atom stereocenters. The van der Waals surface area contributed by atoms with Crippen molar-refractivity contribution >= 4 is 5.78 Å². The summed E-state index contributed by atoms with van der Waals surface area (Å²) in [5.41, 5.74) is 5.60. The molecule has 1 atom stereocenters. The van der Waals surface area contributed by atoms with Crippen LogP contribution in [0.1, 0.15) is 58.8 Å². The van der Waals surface area contributed by atoms with Crippen LogP contribution in [-0.2, 0) is 9.53 Å². The zero-order valence-electron chi connectivity index (χ0n) is 12.0. The van der Waals surface area contributed by atoms with E-state index in [2.05, 4.69) is 13.8 Å². The fraction of sp³-hybridized carbons (Fsp3) is 0.933. The third-order valence-electron chi connectivity index (χ3n) is 4.45. The summed E-state index contributed by atoms with van der Waals surface area (Å²) in [7, 11) is 0. The Balaban J connectivity index is 2.54. The number of hydrogen-bond donors (Lipinski definition) is 1. The summed E-state index contributed by atoms with van der Waals surface area (Å²) in [5.74, 6) is 0.931. The third-order valence-corrected chi connectivity index (χ3v) is 4.45. The van der Waals surface area contributed by atoms with Crippen molar-refractivity contribution in [2.45, 2.75) is 58.8 Å². The molecule has 3 heteroatoms. The monoisotopic (exact) mass is 255 g/mol. The second-order valence-electron chi connectivity index (χ2n) is 5.64. The van der Waals surface area contributed by atoms with Crippen LogP contribution >= 0.6 is 0 Å². The predicted molar refractivity (Wildman–Crippen MR) is 74.5 cm³/mol. The Hall–Kier alpha value is -0.410. The normalized spacial score (nSPS) is 20.6. The molecular formula is C15H29NO2. The van der Waals surface area contributed by atoms with Gasteiger partial charge in [0.2, 0.25) is 0 Å². The fourth-order valence-electron chi connectivity index (χ4n) is 2.78. The lowest BCUT2D eigenvalue weighted by Crippen LogP contribution is -2.43. The Morgan fingerprint density at radius 2 is 2.00 bits per heavy atom. The van der Waals surface area contributed by atoms with Crippen LogP contribution in [0.2, 0.25) is 0 Å². The van der Waals surface area contributed by atoms with Crippen LogP contribution in [0.25, 0.3) is 0 Å². The van der Waals surface area contributed by atoms with Gasteiger partial charge in [-0.3, -0.25) is 4.79 Å². The topological polar surface area (TPSA) is 52.3 Å². The molecule has 1 heterocycles. The Morgan fingerprint density at radius 1 is 1.33 bits per heavy atom. The van der Waals surface area contributed by atoms with E-state index in [1.807, 2.05) is 0 Å². The molecule has 18 heavy (non-hydrogen) atoms. The minimum atomic E-state index is -0.280. The van der Waals surface area contributed by atoms with Crippen LogP contribution in [0.3, 0.4) is 0 Å². The van der Waals surface area contributed by atoms with Crippen molar-refractivity contribution in [2.75, 3.05) is 19.8 Å². The van der Waals surface area contributed by atoms with E-state index in [9.17, 15) is 4.79 Å². The second-order valence-corrected chi connectivity index (χ2v) is 5.64. The van der Waals surface area contributed by atoms with E-state index in [1.165, 1.54) is 19.3 Å². The zero-order chi connectivity index (χ0) is 13.4. The maximum absolute atomic E-state index is 12.5. The maximum Gasteiger partial charge on any atom is 0.140 e. The van der Waals surface area contributed by atoms with Crippen LogP contribution in [0, 0.1) is 11.3 Å². The lowest BCUT2D eigenvalue weighted by Gasteiger charge is -2.35. The van der Waals surface area contributed by atoms with Gasteiger partial charge in [0.15, 0.2) is 0 Å². The molecule has 0 bridgehead atoms. The van der Waals surface area contributed by atoms with Crippen LogP contribution in [0.4, 0.5) is 0 Å². The molecule has 0 aromatic heterocycles. The van der Waals surface area contributed by atoms with Gasteiger partial charge in [-0.2, -0.15) is 0 Å². The first-order valence-electron chi connectivity index (χ1n) is 7.49. The summed E-state index contributed by atoms with van der Waals surface area (Å²) < 4.78 is 5.37. The molecule has 0 radical (unpaired) electrons. The molecule has 3 nitrogen and oxygen atoms in total. The maximum atomic E-state index is 12.5. The SMILES string of the molecule is CCCCC(CC)CC(=O)C1(CN)CCOCC1. The van der Waals surface area contributed by atoms with Crippen molar-refractivity contribution in [3.63, 3.8) is 0 Å². The number of unbranched alkanes of at least 4 members (excludes halogenated alkanes) is 1. The molecule has 2 N–H and O–H groups in total. The van der Waals surface area contributed by atoms with Crippen molar-refractivity contribution in [1.82, 2.24) is 0 Å². The van der Waals surface area contributed by atoms with Gasteiger partial charge < -0.3 is 10.5 Å². The molecule has 1 rings (SSSR count). The standard InChI is InChI=1S/C15H29NO2/c1-3-5-6-13(4-2)11-14(17)15(12-16)7-9-18-10-8-15/h13H,3-12,16H2,1-2H3. The van der Waals surface area contributed by atoms with Gasteiger partial charge in [0.1, 0.15) is 5.78 Å². The average Bonchev–Trinajstić information content (AvgIpc) is 2.43. The van der Waals surface area contributed by atoms with E-state index in [-0.39, 0.29) is 5.41 Å². The molecule has 0 aromatic rings. The highest BCUT2D eigenvalue weighted by Gasteiger charge is 2.38. The minimum absolute atomic E-state index is 0.280. The molecule has 106 valence electrons. The summed E-state index contributed by atoms with van der Waals surface area (Å²) >= 11 is 0. The fourth-order valence-corrected chi connectivity index (χ4v) is 2.78. The Morgan fingerprint density at radius 3 is 2.50 bits per heavy atom. The summed E-state index contributed by atoms with van der Waals surface area (Å²) in [4.78, 5) is 12.5. The van der Waals surface area contributed by atoms with Gasteiger partial charge in [-0.1, -0.05) is 39.5 Å². The summed E-state index contributed by atoms with van der Waals surface area (Å²) in [5, 5.41) is 0. The first-order chi connectivity index (χ1) is 8.68. The van der Waals surface area contributed by atoms with Crippen molar-refractivity contribution in [3.05, 3.63) is 0 Å². The van der Waals surface area contributed by atoms with E-state index >= 15 is 0 Å². The smallest absolute Gasteiger partial charge is 0.140 e. The molecule has 1 fully saturated rings. The van der Waals surface area contributed by atoms with Gasteiger partial charge in [0, 0.05) is 31.6 Å². The van der Waals surface area contributed by atoms with Gasteiger partial charge in [0.25, 0.3) is 0 Å². The molecular weight excluding hydrogens is 226 g/mol. The van der Waals surface area contributed by atoms with Gasteiger partial charge in [-0.15, -0.1) is 0 Å². The van der Waals surface area contributed by atoms with Gasteiger partial charge >= 0.3 is 0 Å². The van der Waals surface area contributed by atoms with Crippen LogP contribution in [-0.4, -0.2) is 25.5 Å². The lowest BCUT2D eigenvalue weighted by molar-refractivity contribution is -0.134. The number of carbonyl (C=O) groups is 1. The van der Waals surface area contributed by atoms with E-state index < -0.39 is 0 Å². The molecule has 0 spiro atoms. The highest BCUT2D eigenvalue weighted by molar-refractivity contribution is 5.85. The molecule has 0 amide bonds. The van der Waals surface area contributed by atoms with E-state index in [4.69, 9.17) is 10.5 Å². The summed E-state index contributed by atoms with van der Waals surface area (Å²) in [6.45, 7) is 6.25. The van der Waals surface area contributed by atoms with Crippen LogP contribution in [0.15, 0.2) is 0 Å². The molecule has 0 saturated carbocycles. The number of carbonyl (C=O) groups excluding carboxylic acids is 1. The number of Topliss-reactive ketones (excluding diaryl/α,β-unsaturated/α-hetero) is 1. The van der Waals surface area contributed by atoms with E-state index in [1.54, 1.807) is 0 Å². The number of ether oxygens (including phenoxy) is 1. The molecule has 1 aliphatic rings. The molecule has 1 saturated heterocycles. The van der Waals surface area contributed by atoms with E-state index in [0.29, 0.717) is 37.9 Å². The van der Waals surface area contributed by atoms with Gasteiger partial charge in [-0.05, 0) is 18.8 Å². The minimum Gasteiger partial charge on any atom is -0.381 e. The van der Waals surface area contributed by atoms with Crippen LogP contribution < -0.4 is 5.73 Å². The molecule has 0 aliphatic carbocycles. The van der Waals surface area contributed by atoms with Crippen molar-refractivity contribution in [3.8, 4) is 0 Å². The Labute approximate surface area is 111 Å². The highest BCUT2D eigenvalue weighted by atomic mass is 16.5. The van der Waals surface area contributed by atoms with Crippen molar-refractivity contribution in [1.29, 1.82) is 0 Å². The Bertz CT molecular complexity index is 247. The first kappa shape index (κ1) is 15.6. The summed E-state index contributed by atoms with van der Waals surface area (Å²) in [6, 6.07) is 0. The second kappa shape index (κ2) is 7.90. The largest absolute Gasteiger partial charge is 0.381 e. The predicted octanol–water partition coefficient (Wildman–Crippen LogP) is 2.92. The quantitative estimate of drug-likeness (QED) is 0.725. The number of hydrogen-bond acceptors (Lipinski definition) is 3. The summed E-state index contributed by atoms with van der Waals surface area (Å²) in [6.07, 6.45) is 7.05. The Kier molecular flexibility index (Phi) is 6.87. The average molecular weight is 255 g/mol. The van der Waals surface area contributed by atoms with Gasteiger partial charge in [0.05, 0.1) is 0 Å².